The summed E-state index contributed by atoms with van der Waals surface area (Å²) < 4.78 is 1.84. The molecule has 0 spiro atoms. The van der Waals surface area contributed by atoms with Gasteiger partial charge >= 0.3 is 0 Å². The number of amides is 1. The number of hydrogen-bond donors (Lipinski definition) is 1. The highest BCUT2D eigenvalue weighted by Crippen LogP contribution is 2.10. The van der Waals surface area contributed by atoms with Crippen LogP contribution in [0.1, 0.15) is 11.4 Å². The Kier molecular flexibility index (Phi) is 4.16. The molecule has 0 bridgehead atoms. The lowest BCUT2D eigenvalue weighted by molar-refractivity contribution is -0.116. The molecule has 5 nitrogen and oxygen atoms in total. The number of halogens is 1. The Morgan fingerprint density at radius 3 is 2.82 bits per heavy atom. The number of pyridine rings is 1. The zero-order valence-corrected chi connectivity index (χ0v) is 12.4. The first kappa shape index (κ1) is 14.3. The van der Waals surface area contributed by atoms with Crippen molar-refractivity contribution < 1.29 is 4.79 Å². The first-order chi connectivity index (χ1) is 10.7. The van der Waals surface area contributed by atoms with Gasteiger partial charge < -0.3 is 5.32 Å². The molecule has 1 amide bonds. The van der Waals surface area contributed by atoms with E-state index in [0.29, 0.717) is 17.4 Å². The van der Waals surface area contributed by atoms with Crippen molar-refractivity contribution in [1.82, 2.24) is 19.9 Å². The summed E-state index contributed by atoms with van der Waals surface area (Å²) >= 11 is 5.81. The van der Waals surface area contributed by atoms with E-state index >= 15 is 0 Å². The second-order valence-electron chi connectivity index (χ2n) is 4.65. The van der Waals surface area contributed by atoms with Crippen LogP contribution in [0.3, 0.4) is 0 Å². The van der Waals surface area contributed by atoms with Gasteiger partial charge in [0.2, 0.25) is 5.91 Å². The molecule has 0 radical (unpaired) electrons. The zero-order valence-electron chi connectivity index (χ0n) is 11.6. The summed E-state index contributed by atoms with van der Waals surface area (Å²) in [5.41, 5.74) is 1.66. The highest BCUT2D eigenvalue weighted by molar-refractivity contribution is 6.30. The maximum atomic E-state index is 11.8. The van der Waals surface area contributed by atoms with E-state index in [1.54, 1.807) is 18.2 Å². The minimum atomic E-state index is -0.192. The molecule has 0 aliphatic heterocycles. The summed E-state index contributed by atoms with van der Waals surface area (Å²) in [7, 11) is 0. The fraction of sp³-hybridized carbons (Fsp3) is 0.0625. The van der Waals surface area contributed by atoms with Gasteiger partial charge in [0.15, 0.2) is 11.5 Å². The van der Waals surface area contributed by atoms with Crippen molar-refractivity contribution >= 4 is 29.2 Å². The Morgan fingerprint density at radius 2 is 2.00 bits per heavy atom. The van der Waals surface area contributed by atoms with Crippen molar-refractivity contribution in [3.8, 4) is 0 Å². The summed E-state index contributed by atoms with van der Waals surface area (Å²) in [5.74, 6) is 0.492. The minimum Gasteiger partial charge on any atom is -0.345 e. The molecule has 2 heterocycles. The average molecular weight is 313 g/mol. The molecule has 0 fully saturated rings. The molecule has 2 aromatic heterocycles. The smallest absolute Gasteiger partial charge is 0.244 e. The molecule has 0 saturated carbocycles. The van der Waals surface area contributed by atoms with Gasteiger partial charge in [0.25, 0.3) is 0 Å². The molecule has 0 unspecified atom stereocenters. The van der Waals surface area contributed by atoms with E-state index in [1.165, 1.54) is 6.08 Å². The van der Waals surface area contributed by atoms with Gasteiger partial charge in [-0.3, -0.25) is 9.20 Å². The van der Waals surface area contributed by atoms with E-state index < -0.39 is 0 Å². The molecule has 110 valence electrons. The lowest BCUT2D eigenvalue weighted by Crippen LogP contribution is -2.21. The lowest BCUT2D eigenvalue weighted by atomic mass is 10.2. The standard InChI is InChI=1S/C16H13ClN4O/c17-13-7-4-12(5-8-13)6-9-16(22)18-11-15-20-19-14-3-1-2-10-21(14)15/h1-10H,11H2,(H,18,22)/b9-6+. The molecule has 22 heavy (non-hydrogen) atoms. The van der Waals surface area contributed by atoms with Crippen molar-refractivity contribution in [3.05, 3.63) is 71.1 Å². The molecule has 6 heteroatoms. The molecule has 0 aliphatic rings. The number of benzene rings is 1. The van der Waals surface area contributed by atoms with E-state index in [9.17, 15) is 4.79 Å². The van der Waals surface area contributed by atoms with E-state index in [-0.39, 0.29) is 5.91 Å². The Hall–Kier alpha value is -2.66. The zero-order chi connectivity index (χ0) is 15.4. The van der Waals surface area contributed by atoms with Gasteiger partial charge in [0.05, 0.1) is 6.54 Å². The molecule has 1 aromatic carbocycles. The molecule has 0 saturated heterocycles. The predicted octanol–water partition coefficient (Wildman–Crippen LogP) is 2.71. The third-order valence-electron chi connectivity index (χ3n) is 3.10. The lowest BCUT2D eigenvalue weighted by Gasteiger charge is -2.01. The number of aromatic nitrogens is 3. The average Bonchev–Trinajstić information content (AvgIpc) is 2.96. The van der Waals surface area contributed by atoms with Gasteiger partial charge in [-0.25, -0.2) is 0 Å². The van der Waals surface area contributed by atoms with Crippen LogP contribution in [-0.4, -0.2) is 20.5 Å². The first-order valence-electron chi connectivity index (χ1n) is 6.72. The highest BCUT2D eigenvalue weighted by atomic mass is 35.5. The van der Waals surface area contributed by atoms with E-state index in [1.807, 2.05) is 40.9 Å². The van der Waals surface area contributed by atoms with Gasteiger partial charge in [0, 0.05) is 17.3 Å². The van der Waals surface area contributed by atoms with Crippen LogP contribution in [-0.2, 0) is 11.3 Å². The Labute approximate surface area is 132 Å². The van der Waals surface area contributed by atoms with Crippen molar-refractivity contribution in [2.24, 2.45) is 0 Å². The maximum Gasteiger partial charge on any atom is 0.244 e. The minimum absolute atomic E-state index is 0.192. The number of hydrogen-bond acceptors (Lipinski definition) is 3. The van der Waals surface area contributed by atoms with Crippen LogP contribution >= 0.6 is 11.6 Å². The molecule has 3 rings (SSSR count). The molecule has 3 aromatic rings. The number of nitrogens with zero attached hydrogens (tertiary/aromatic N) is 3. The predicted molar refractivity (Wildman–Crippen MR) is 85.3 cm³/mol. The second kappa shape index (κ2) is 6.41. The number of fused-ring (bicyclic) bond motifs is 1. The number of carbonyl (C=O) groups is 1. The normalized spacial score (nSPS) is 11.1. The quantitative estimate of drug-likeness (QED) is 0.754. The van der Waals surface area contributed by atoms with Gasteiger partial charge in [-0.1, -0.05) is 29.8 Å². The Balaban J connectivity index is 1.61. The first-order valence-corrected chi connectivity index (χ1v) is 7.10. The van der Waals surface area contributed by atoms with Gasteiger partial charge in [-0.15, -0.1) is 10.2 Å². The van der Waals surface area contributed by atoms with Gasteiger partial charge in [-0.05, 0) is 35.9 Å². The largest absolute Gasteiger partial charge is 0.345 e. The summed E-state index contributed by atoms with van der Waals surface area (Å²) in [6, 6.07) is 12.9. The maximum absolute atomic E-state index is 11.8. The van der Waals surface area contributed by atoms with Crippen molar-refractivity contribution in [1.29, 1.82) is 0 Å². The molecule has 0 aliphatic carbocycles. The van der Waals surface area contributed by atoms with Crippen molar-refractivity contribution in [2.75, 3.05) is 0 Å². The second-order valence-corrected chi connectivity index (χ2v) is 5.08. The van der Waals surface area contributed by atoms with Crippen LogP contribution in [0.15, 0.2) is 54.7 Å². The Bertz CT molecular complexity index is 824. The fourth-order valence-electron chi connectivity index (χ4n) is 1.98. The number of nitrogens with one attached hydrogen (secondary N) is 1. The topological polar surface area (TPSA) is 59.3 Å². The molecule has 1 N–H and O–H groups in total. The van der Waals surface area contributed by atoms with E-state index in [0.717, 1.165) is 11.2 Å². The van der Waals surface area contributed by atoms with Crippen molar-refractivity contribution in [3.63, 3.8) is 0 Å². The summed E-state index contributed by atoms with van der Waals surface area (Å²) in [6.45, 7) is 0.314. The van der Waals surface area contributed by atoms with Gasteiger partial charge in [-0.2, -0.15) is 0 Å². The van der Waals surface area contributed by atoms with Crippen molar-refractivity contribution in [2.45, 2.75) is 6.54 Å². The highest BCUT2D eigenvalue weighted by Gasteiger charge is 2.05. The van der Waals surface area contributed by atoms with Crippen LogP contribution in [0.5, 0.6) is 0 Å². The van der Waals surface area contributed by atoms with Crippen LogP contribution in [0.2, 0.25) is 5.02 Å². The molecular formula is C16H13ClN4O. The van der Waals surface area contributed by atoms with Crippen LogP contribution < -0.4 is 5.32 Å². The molecular weight excluding hydrogens is 300 g/mol. The molecule has 0 atom stereocenters. The van der Waals surface area contributed by atoms with Crippen LogP contribution in [0.25, 0.3) is 11.7 Å². The third-order valence-corrected chi connectivity index (χ3v) is 3.35. The Morgan fingerprint density at radius 1 is 1.18 bits per heavy atom. The van der Waals surface area contributed by atoms with Gasteiger partial charge in [0.1, 0.15) is 0 Å². The van der Waals surface area contributed by atoms with Crippen LogP contribution in [0.4, 0.5) is 0 Å². The SMILES string of the molecule is O=C(/C=C/c1ccc(Cl)cc1)NCc1nnc2ccccn12. The monoisotopic (exact) mass is 312 g/mol. The summed E-state index contributed by atoms with van der Waals surface area (Å²) in [4.78, 5) is 11.8. The number of carbonyl (C=O) groups excluding carboxylic acids is 1. The number of rotatable bonds is 4. The fourth-order valence-corrected chi connectivity index (χ4v) is 2.11. The van der Waals surface area contributed by atoms with E-state index in [2.05, 4.69) is 15.5 Å². The third kappa shape index (κ3) is 3.32. The van der Waals surface area contributed by atoms with Crippen LogP contribution in [0, 0.1) is 0 Å². The van der Waals surface area contributed by atoms with E-state index in [4.69, 9.17) is 11.6 Å². The summed E-state index contributed by atoms with van der Waals surface area (Å²) in [6.07, 6.45) is 5.07. The summed E-state index contributed by atoms with van der Waals surface area (Å²) in [5, 5.41) is 11.5.